The summed E-state index contributed by atoms with van der Waals surface area (Å²) in [7, 11) is 0. The van der Waals surface area contributed by atoms with E-state index in [0.29, 0.717) is 30.4 Å². The molecule has 1 aromatic rings. The number of hydrogen-bond donors (Lipinski definition) is 3. The van der Waals surface area contributed by atoms with Gasteiger partial charge in [0, 0.05) is 42.9 Å². The molecule has 13 atom stereocenters. The van der Waals surface area contributed by atoms with Crippen molar-refractivity contribution in [1.29, 1.82) is 0 Å². The number of rotatable bonds is 11. The summed E-state index contributed by atoms with van der Waals surface area (Å²) in [6.45, 7) is 22.4. The summed E-state index contributed by atoms with van der Waals surface area (Å²) < 4.78 is 44.4. The van der Waals surface area contributed by atoms with Gasteiger partial charge in [-0.05, 0) is 88.7 Å². The maximum atomic E-state index is 14.5. The van der Waals surface area contributed by atoms with E-state index in [1.807, 2.05) is 20.8 Å². The summed E-state index contributed by atoms with van der Waals surface area (Å²) in [5.74, 6) is -4.56. The van der Waals surface area contributed by atoms with Crippen LogP contribution in [0.5, 0.6) is 0 Å². The Morgan fingerprint density at radius 3 is 2.21 bits per heavy atom. The molecule has 1 aliphatic heterocycles. The molecule has 0 radical (unpaired) electrons. The monoisotopic (exact) mass is 867 g/mol. The van der Waals surface area contributed by atoms with E-state index in [1.54, 1.807) is 71.9 Å². The number of aliphatic hydroxyl groups is 2. The van der Waals surface area contributed by atoms with Crippen molar-refractivity contribution in [3.8, 4) is 0 Å². The molecule has 1 aromatic carbocycles. The van der Waals surface area contributed by atoms with E-state index in [0.717, 1.165) is 0 Å². The highest BCUT2D eigenvalue weighted by atomic mass is 16.7. The fraction of sp³-hybridized carbons (Fsp3) is 0.681. The number of carbonyl (C=O) groups excluding carboxylic acids is 5. The van der Waals surface area contributed by atoms with E-state index in [1.165, 1.54) is 19.9 Å². The van der Waals surface area contributed by atoms with Gasteiger partial charge in [-0.1, -0.05) is 59.4 Å². The summed E-state index contributed by atoms with van der Waals surface area (Å²) in [5, 5.41) is 28.2. The maximum Gasteiger partial charge on any atom is 0.407 e. The summed E-state index contributed by atoms with van der Waals surface area (Å²) in [4.78, 5) is 68.2. The zero-order valence-corrected chi connectivity index (χ0v) is 37.9. The zero-order chi connectivity index (χ0) is 45.9. The van der Waals surface area contributed by atoms with Crippen molar-refractivity contribution in [1.82, 2.24) is 5.32 Å². The van der Waals surface area contributed by atoms with Crippen LogP contribution in [0.4, 0.5) is 4.79 Å². The highest BCUT2D eigenvalue weighted by Crippen LogP contribution is 2.70. The molecule has 15 heteroatoms. The highest BCUT2D eigenvalue weighted by Gasteiger charge is 2.79. The van der Waals surface area contributed by atoms with Crippen LogP contribution < -0.4 is 5.32 Å². The molecule has 6 rings (SSSR count). The zero-order valence-electron chi connectivity index (χ0n) is 37.9. The number of benzene rings is 1. The summed E-state index contributed by atoms with van der Waals surface area (Å²) in [6.07, 6.45) is -6.85. The van der Waals surface area contributed by atoms with Crippen LogP contribution in [0.2, 0.25) is 0 Å². The van der Waals surface area contributed by atoms with Crippen LogP contribution in [0.25, 0.3) is 0 Å². The van der Waals surface area contributed by atoms with E-state index < -0.39 is 112 Å². The first-order chi connectivity index (χ1) is 28.8. The molecule has 2 bridgehead atoms. The Bertz CT molecular complexity index is 1960. The van der Waals surface area contributed by atoms with Gasteiger partial charge in [-0.3, -0.25) is 9.59 Å². The summed E-state index contributed by atoms with van der Waals surface area (Å²) in [6, 6.07) is 7.16. The minimum Gasteiger partial charge on any atom is -0.458 e. The molecular weight excluding hydrogens is 803 g/mol. The van der Waals surface area contributed by atoms with Crippen LogP contribution in [0.15, 0.2) is 54.1 Å². The number of nitrogens with one attached hydrogen (secondary N) is 1. The Morgan fingerprint density at radius 2 is 1.66 bits per heavy atom. The fourth-order valence-corrected chi connectivity index (χ4v) is 11.2. The van der Waals surface area contributed by atoms with Gasteiger partial charge in [0.25, 0.3) is 0 Å². The molecule has 342 valence electrons. The predicted octanol–water partition coefficient (Wildman–Crippen LogP) is 5.88. The number of ether oxygens (including phenoxy) is 7. The predicted molar refractivity (Wildman–Crippen MR) is 223 cm³/mol. The minimum absolute atomic E-state index is 0.0824. The van der Waals surface area contributed by atoms with E-state index in [4.69, 9.17) is 33.2 Å². The van der Waals surface area contributed by atoms with Crippen LogP contribution in [-0.2, 0) is 47.5 Å². The van der Waals surface area contributed by atoms with Crippen LogP contribution in [-0.4, -0.2) is 106 Å². The van der Waals surface area contributed by atoms with Crippen LogP contribution in [0.3, 0.4) is 0 Å². The molecule has 1 saturated heterocycles. The molecule has 4 fully saturated rings. The third-order valence-electron chi connectivity index (χ3n) is 14.0. The fourth-order valence-electron chi connectivity index (χ4n) is 11.2. The molecule has 3 saturated carbocycles. The SMILES string of the molecule is C=C[C@H]1O[C@H]2C[C@H]3CC[C@@]3(OC(C)=O)[C@H]3[C@H](OC(=O)c4ccccc4)[C@]4(O)C[C@H](OC(=O)[C@H](O)C(CC(C)C)NC(=O)OC(C)(C)C)C(C)=C([C@H](OC(C)=O)[C@H](O1)[C@]23C)C4(C)C. The number of carbonyl (C=O) groups is 5. The second-order valence-electron chi connectivity index (χ2n) is 20.0. The maximum absolute atomic E-state index is 14.5. The topological polar surface area (TPSA) is 202 Å². The number of amides is 1. The van der Waals surface area contributed by atoms with E-state index in [9.17, 15) is 34.2 Å². The van der Waals surface area contributed by atoms with Gasteiger partial charge in [0.05, 0.1) is 17.7 Å². The molecule has 4 aliphatic carbocycles. The normalized spacial score (nSPS) is 35.5. The Labute approximate surface area is 364 Å². The van der Waals surface area contributed by atoms with Gasteiger partial charge in [0.2, 0.25) is 0 Å². The van der Waals surface area contributed by atoms with E-state index in [2.05, 4.69) is 11.9 Å². The molecule has 1 unspecified atom stereocenters. The molecule has 62 heavy (non-hydrogen) atoms. The molecule has 3 N–H and O–H groups in total. The lowest BCUT2D eigenvalue weighted by molar-refractivity contribution is -0.380. The van der Waals surface area contributed by atoms with Gasteiger partial charge >= 0.3 is 30.0 Å². The Balaban J connectivity index is 1.57. The van der Waals surface area contributed by atoms with E-state index >= 15 is 0 Å². The van der Waals surface area contributed by atoms with Crippen molar-refractivity contribution in [2.75, 3.05) is 0 Å². The number of fused-ring (bicyclic) bond motifs is 4. The van der Waals surface area contributed by atoms with Gasteiger partial charge in [-0.25, -0.2) is 14.4 Å². The number of alkyl carbamates (subject to hydrolysis) is 1. The minimum atomic E-state index is -2.17. The van der Waals surface area contributed by atoms with Crippen molar-refractivity contribution < 1.29 is 67.3 Å². The quantitative estimate of drug-likeness (QED) is 0.135. The van der Waals surface area contributed by atoms with Crippen molar-refractivity contribution >= 4 is 30.0 Å². The smallest absolute Gasteiger partial charge is 0.407 e. The lowest BCUT2D eigenvalue weighted by Crippen LogP contribution is -2.81. The number of aliphatic hydroxyl groups excluding tert-OH is 1. The molecule has 0 aromatic heterocycles. The lowest BCUT2D eigenvalue weighted by Gasteiger charge is -2.71. The Morgan fingerprint density at radius 1 is 1.00 bits per heavy atom. The third kappa shape index (κ3) is 8.30. The van der Waals surface area contributed by atoms with Gasteiger partial charge < -0.3 is 48.7 Å². The van der Waals surface area contributed by atoms with Crippen molar-refractivity contribution in [2.45, 2.75) is 174 Å². The molecular formula is C47H65NO14. The average molecular weight is 868 g/mol. The molecule has 15 nitrogen and oxygen atoms in total. The molecule has 5 aliphatic rings. The first kappa shape index (κ1) is 47.2. The number of esters is 4. The summed E-state index contributed by atoms with van der Waals surface area (Å²) >= 11 is 0. The van der Waals surface area contributed by atoms with Crippen LogP contribution in [0, 0.1) is 28.6 Å². The largest absolute Gasteiger partial charge is 0.458 e. The summed E-state index contributed by atoms with van der Waals surface area (Å²) in [5.41, 5.74) is -6.15. The molecule has 1 heterocycles. The second kappa shape index (κ2) is 17.0. The first-order valence-corrected chi connectivity index (χ1v) is 21.7. The van der Waals surface area contributed by atoms with Crippen molar-refractivity contribution in [3.63, 3.8) is 0 Å². The second-order valence-corrected chi connectivity index (χ2v) is 20.0. The van der Waals surface area contributed by atoms with Crippen LogP contribution >= 0.6 is 0 Å². The molecule has 1 amide bonds. The van der Waals surface area contributed by atoms with Crippen molar-refractivity contribution in [2.24, 2.45) is 28.6 Å². The van der Waals surface area contributed by atoms with Gasteiger partial charge in [0.1, 0.15) is 35.1 Å². The Kier molecular flexibility index (Phi) is 12.9. The van der Waals surface area contributed by atoms with Gasteiger partial charge in [0.15, 0.2) is 18.5 Å². The van der Waals surface area contributed by atoms with Gasteiger partial charge in [-0.2, -0.15) is 0 Å². The highest BCUT2D eigenvalue weighted by molar-refractivity contribution is 5.89. The standard InChI is InChI=1S/C47H65NO14/c1-13-33-58-32-22-29-19-20-46(29,61-27(6)50)37-39(60-40(52)28-17-15-14-16-18-28)47(55)23-31(57-41(53)35(51)30(21-24(2)3)48-42(54)62-43(7,8)9)25(4)34(44(47,10)11)36(56-26(5)49)38(59-33)45(32,37)12/h13-18,24,29-33,35-39,51,55H,1,19-23H2,2-12H3,(H,48,54)/t29-,30?,31+,32+,33+,35-,36+,37+,38+,39+,45-,46+,47-/m1/s1. The van der Waals surface area contributed by atoms with Crippen LogP contribution in [0.1, 0.15) is 119 Å². The molecule has 0 spiro atoms. The average Bonchev–Trinajstić information content (AvgIpc) is 3.15. The lowest BCUT2D eigenvalue weighted by atomic mass is 9.40. The van der Waals surface area contributed by atoms with Crippen molar-refractivity contribution in [3.05, 3.63) is 59.7 Å². The first-order valence-electron chi connectivity index (χ1n) is 21.7. The van der Waals surface area contributed by atoms with Gasteiger partial charge in [-0.15, -0.1) is 0 Å². The van der Waals surface area contributed by atoms with E-state index in [-0.39, 0.29) is 30.2 Å². The Hall–Kier alpha value is -4.31. The number of hydrogen-bond acceptors (Lipinski definition) is 14. The third-order valence-corrected chi connectivity index (χ3v) is 14.0.